The fourth-order valence-electron chi connectivity index (χ4n) is 2.99. The van der Waals surface area contributed by atoms with E-state index in [1.54, 1.807) is 31.8 Å². The molecule has 6 heteroatoms. The topological polar surface area (TPSA) is 60.0 Å². The largest absolute Gasteiger partial charge is 0.493 e. The molecule has 0 saturated carbocycles. The zero-order chi connectivity index (χ0) is 18.6. The molecular formula is C21H18FN3O2. The molecule has 3 heterocycles. The first kappa shape index (κ1) is 17.0. The molecule has 4 rings (SSSR count). The van der Waals surface area contributed by atoms with Gasteiger partial charge in [-0.2, -0.15) is 0 Å². The zero-order valence-electron chi connectivity index (χ0n) is 14.8. The molecule has 5 nitrogen and oxygen atoms in total. The number of nitrogens with one attached hydrogen (secondary N) is 1. The summed E-state index contributed by atoms with van der Waals surface area (Å²) in [6.07, 6.45) is 7.39. The molecule has 4 aromatic rings. The first-order valence-corrected chi connectivity index (χ1v) is 8.53. The molecule has 0 bridgehead atoms. The number of rotatable bonds is 6. The first-order chi connectivity index (χ1) is 13.2. The van der Waals surface area contributed by atoms with E-state index in [1.165, 1.54) is 6.07 Å². The summed E-state index contributed by atoms with van der Waals surface area (Å²) in [7, 11) is 1.55. The van der Waals surface area contributed by atoms with E-state index in [2.05, 4.69) is 15.0 Å². The second-order valence-corrected chi connectivity index (χ2v) is 6.13. The summed E-state index contributed by atoms with van der Waals surface area (Å²) in [5, 5.41) is 0.980. The summed E-state index contributed by atoms with van der Waals surface area (Å²) < 4.78 is 25.9. The highest BCUT2D eigenvalue weighted by Gasteiger charge is 2.14. The summed E-state index contributed by atoms with van der Waals surface area (Å²) in [5.74, 6) is 0.536. The number of pyridine rings is 2. The molecule has 0 aliphatic carbocycles. The lowest BCUT2D eigenvalue weighted by Gasteiger charge is -2.13. The van der Waals surface area contributed by atoms with Gasteiger partial charge in [0.25, 0.3) is 0 Å². The minimum Gasteiger partial charge on any atom is -0.493 e. The van der Waals surface area contributed by atoms with E-state index in [0.29, 0.717) is 30.1 Å². The van der Waals surface area contributed by atoms with Gasteiger partial charge in [-0.3, -0.25) is 4.98 Å². The Kier molecular flexibility index (Phi) is 4.70. The molecular weight excluding hydrogens is 345 g/mol. The highest BCUT2D eigenvalue weighted by atomic mass is 19.1. The Morgan fingerprint density at radius 2 is 1.89 bits per heavy atom. The van der Waals surface area contributed by atoms with Gasteiger partial charge in [0.2, 0.25) is 0 Å². The Labute approximate surface area is 155 Å². The second kappa shape index (κ2) is 7.45. The van der Waals surface area contributed by atoms with Crippen LogP contribution in [0.1, 0.15) is 16.7 Å². The second-order valence-electron chi connectivity index (χ2n) is 6.13. The van der Waals surface area contributed by atoms with Crippen molar-refractivity contribution in [2.45, 2.75) is 13.0 Å². The van der Waals surface area contributed by atoms with Crippen molar-refractivity contribution in [2.24, 2.45) is 0 Å². The van der Waals surface area contributed by atoms with Crippen LogP contribution >= 0.6 is 0 Å². The summed E-state index contributed by atoms with van der Waals surface area (Å²) in [5.41, 5.74) is 3.25. The van der Waals surface area contributed by atoms with E-state index >= 15 is 0 Å². The number of aromatic amines is 1. The Morgan fingerprint density at radius 3 is 2.70 bits per heavy atom. The van der Waals surface area contributed by atoms with E-state index < -0.39 is 0 Å². The molecule has 0 saturated heterocycles. The zero-order valence-corrected chi connectivity index (χ0v) is 14.8. The Hall–Kier alpha value is -3.41. The van der Waals surface area contributed by atoms with E-state index in [9.17, 15) is 4.39 Å². The number of hydrogen-bond donors (Lipinski definition) is 1. The third-order valence-corrected chi connectivity index (χ3v) is 4.39. The van der Waals surface area contributed by atoms with Gasteiger partial charge >= 0.3 is 0 Å². The van der Waals surface area contributed by atoms with Crippen molar-refractivity contribution in [2.75, 3.05) is 7.11 Å². The average molecular weight is 363 g/mol. The number of benzene rings is 1. The van der Waals surface area contributed by atoms with Crippen LogP contribution in [0.15, 0.2) is 61.2 Å². The van der Waals surface area contributed by atoms with Crippen LogP contribution in [0.4, 0.5) is 4.39 Å². The highest BCUT2D eigenvalue weighted by Crippen LogP contribution is 2.32. The molecule has 0 amide bonds. The number of ether oxygens (including phenoxy) is 2. The number of aromatic nitrogens is 3. The highest BCUT2D eigenvalue weighted by molar-refractivity contribution is 5.79. The molecule has 1 N–H and O–H groups in total. The fourth-order valence-corrected chi connectivity index (χ4v) is 2.99. The normalized spacial score (nSPS) is 10.9. The maximum absolute atomic E-state index is 14.7. The van der Waals surface area contributed by atoms with Crippen LogP contribution in [0.25, 0.3) is 11.0 Å². The van der Waals surface area contributed by atoms with Gasteiger partial charge in [-0.25, -0.2) is 9.37 Å². The van der Waals surface area contributed by atoms with Gasteiger partial charge in [0.1, 0.15) is 18.1 Å². The van der Waals surface area contributed by atoms with Crippen molar-refractivity contribution in [1.82, 2.24) is 15.0 Å². The van der Waals surface area contributed by atoms with Crippen LogP contribution in [0.3, 0.4) is 0 Å². The van der Waals surface area contributed by atoms with Gasteiger partial charge in [-0.05, 0) is 47.0 Å². The van der Waals surface area contributed by atoms with Crippen molar-refractivity contribution in [3.63, 3.8) is 0 Å². The number of nitrogens with zero attached hydrogens (tertiary/aromatic N) is 2. The monoisotopic (exact) mass is 363 g/mol. The SMILES string of the molecule is COc1cc(Cc2c[nH]c3ncccc23)c(F)cc1OCc1ccncc1. The number of halogens is 1. The lowest BCUT2D eigenvalue weighted by atomic mass is 10.0. The maximum atomic E-state index is 14.7. The molecule has 1 aromatic carbocycles. The molecule has 0 fully saturated rings. The van der Waals surface area contributed by atoms with Crippen molar-refractivity contribution in [1.29, 1.82) is 0 Å². The predicted octanol–water partition coefficient (Wildman–Crippen LogP) is 4.28. The molecule has 3 aromatic heterocycles. The van der Waals surface area contributed by atoms with Gasteiger partial charge < -0.3 is 14.5 Å². The summed E-state index contributed by atoms with van der Waals surface area (Å²) in [6.45, 7) is 0.311. The minimum absolute atomic E-state index is 0.311. The maximum Gasteiger partial charge on any atom is 0.164 e. The molecule has 0 radical (unpaired) electrons. The molecule has 0 spiro atoms. The minimum atomic E-state index is -0.334. The van der Waals surface area contributed by atoms with Crippen molar-refractivity contribution in [3.8, 4) is 11.5 Å². The number of hydrogen-bond acceptors (Lipinski definition) is 4. The van der Waals surface area contributed by atoms with Crippen LogP contribution in [0, 0.1) is 5.82 Å². The van der Waals surface area contributed by atoms with Crippen molar-refractivity contribution in [3.05, 3.63) is 83.7 Å². The molecule has 27 heavy (non-hydrogen) atoms. The Balaban J connectivity index is 1.59. The van der Waals surface area contributed by atoms with E-state index in [4.69, 9.17) is 9.47 Å². The third kappa shape index (κ3) is 3.60. The number of methoxy groups -OCH3 is 1. The van der Waals surface area contributed by atoms with Crippen LogP contribution in [0.2, 0.25) is 0 Å². The molecule has 136 valence electrons. The molecule has 0 aliphatic rings. The van der Waals surface area contributed by atoms with Crippen molar-refractivity contribution >= 4 is 11.0 Å². The van der Waals surface area contributed by atoms with E-state index in [-0.39, 0.29) is 5.82 Å². The molecule has 0 atom stereocenters. The summed E-state index contributed by atoms with van der Waals surface area (Å²) in [6, 6.07) is 10.6. The third-order valence-electron chi connectivity index (χ3n) is 4.39. The smallest absolute Gasteiger partial charge is 0.164 e. The van der Waals surface area contributed by atoms with Gasteiger partial charge in [0.05, 0.1) is 7.11 Å². The van der Waals surface area contributed by atoms with Gasteiger partial charge in [-0.15, -0.1) is 0 Å². The van der Waals surface area contributed by atoms with Crippen LogP contribution in [0.5, 0.6) is 11.5 Å². The van der Waals surface area contributed by atoms with E-state index in [1.807, 2.05) is 30.5 Å². The van der Waals surface area contributed by atoms with Crippen LogP contribution in [-0.4, -0.2) is 22.1 Å². The average Bonchev–Trinajstić information content (AvgIpc) is 3.12. The predicted molar refractivity (Wildman–Crippen MR) is 100 cm³/mol. The summed E-state index contributed by atoms with van der Waals surface area (Å²) in [4.78, 5) is 11.3. The fraction of sp³-hybridized carbons (Fsp3) is 0.143. The molecule has 0 unspecified atom stereocenters. The van der Waals surface area contributed by atoms with Crippen LogP contribution in [-0.2, 0) is 13.0 Å². The van der Waals surface area contributed by atoms with Gasteiger partial charge in [-0.1, -0.05) is 0 Å². The van der Waals surface area contributed by atoms with Gasteiger partial charge in [0, 0.05) is 42.7 Å². The lowest BCUT2D eigenvalue weighted by Crippen LogP contribution is -2.01. The van der Waals surface area contributed by atoms with Gasteiger partial charge in [0.15, 0.2) is 11.5 Å². The number of H-pyrrole nitrogens is 1. The Bertz CT molecular complexity index is 1060. The standard InChI is InChI=1S/C21H18FN3O2/c1-26-19-10-15(9-16-12-25-21-17(16)3-2-6-24-21)18(22)11-20(19)27-13-14-4-7-23-8-5-14/h2-8,10-12H,9,13H2,1H3,(H,24,25). The van der Waals surface area contributed by atoms with E-state index in [0.717, 1.165) is 22.2 Å². The Morgan fingerprint density at radius 1 is 1.04 bits per heavy atom. The summed E-state index contributed by atoms with van der Waals surface area (Å²) >= 11 is 0. The van der Waals surface area contributed by atoms with Crippen molar-refractivity contribution < 1.29 is 13.9 Å². The van der Waals surface area contributed by atoms with Crippen LogP contribution < -0.4 is 9.47 Å². The first-order valence-electron chi connectivity index (χ1n) is 8.53. The quantitative estimate of drug-likeness (QED) is 0.556. The lowest BCUT2D eigenvalue weighted by molar-refractivity contribution is 0.282. The number of fused-ring (bicyclic) bond motifs is 1. The molecule has 0 aliphatic heterocycles.